The highest BCUT2D eigenvalue weighted by atomic mass is 16.3. The summed E-state index contributed by atoms with van der Waals surface area (Å²) in [5.41, 5.74) is 7.99. The maximum Gasteiger partial charge on any atom is 0.131 e. The van der Waals surface area contributed by atoms with Gasteiger partial charge in [-0.05, 0) is 32.6 Å². The summed E-state index contributed by atoms with van der Waals surface area (Å²) in [5.74, 6) is 1.58. The molecule has 0 amide bonds. The number of nitrogens with two attached hydrogens (primary N) is 1. The van der Waals surface area contributed by atoms with Crippen LogP contribution in [0.4, 0.5) is 5.82 Å². The van der Waals surface area contributed by atoms with Crippen LogP contribution in [0.25, 0.3) is 0 Å². The lowest BCUT2D eigenvalue weighted by Gasteiger charge is -2.35. The number of hydrogen-bond acceptors (Lipinski definition) is 4. The fourth-order valence-electron chi connectivity index (χ4n) is 2.92. The van der Waals surface area contributed by atoms with Crippen LogP contribution in [-0.4, -0.2) is 34.1 Å². The van der Waals surface area contributed by atoms with Crippen molar-refractivity contribution in [3.05, 3.63) is 11.3 Å². The van der Waals surface area contributed by atoms with E-state index in [4.69, 9.17) is 5.73 Å². The van der Waals surface area contributed by atoms with E-state index in [2.05, 4.69) is 10.00 Å². The van der Waals surface area contributed by atoms with Crippen molar-refractivity contribution in [2.24, 2.45) is 18.7 Å². The van der Waals surface area contributed by atoms with Crippen LogP contribution >= 0.6 is 0 Å². The lowest BCUT2D eigenvalue weighted by molar-refractivity contribution is 0.109. The third-order valence-electron chi connectivity index (χ3n) is 4.04. The number of aromatic nitrogens is 2. The molecule has 0 radical (unpaired) electrons. The third-order valence-corrected chi connectivity index (χ3v) is 4.04. The van der Waals surface area contributed by atoms with Crippen molar-refractivity contribution in [1.29, 1.82) is 0 Å². The van der Waals surface area contributed by atoms with Crippen LogP contribution in [0.15, 0.2) is 0 Å². The zero-order valence-corrected chi connectivity index (χ0v) is 11.6. The van der Waals surface area contributed by atoms with Crippen LogP contribution in [0.2, 0.25) is 0 Å². The van der Waals surface area contributed by atoms with Gasteiger partial charge in [-0.25, -0.2) is 0 Å². The zero-order valence-electron chi connectivity index (χ0n) is 11.6. The first kappa shape index (κ1) is 13.4. The van der Waals surface area contributed by atoms with Crippen molar-refractivity contribution in [2.75, 3.05) is 18.0 Å². The fraction of sp³-hybridized carbons (Fsp3) is 0.769. The molecule has 1 saturated heterocycles. The highest BCUT2D eigenvalue weighted by Crippen LogP contribution is 2.28. The van der Waals surface area contributed by atoms with Crippen molar-refractivity contribution < 1.29 is 5.11 Å². The van der Waals surface area contributed by atoms with Gasteiger partial charge in [0.25, 0.3) is 0 Å². The summed E-state index contributed by atoms with van der Waals surface area (Å²) < 4.78 is 1.93. The van der Waals surface area contributed by atoms with Crippen LogP contribution in [0.5, 0.6) is 0 Å². The van der Waals surface area contributed by atoms with E-state index in [0.29, 0.717) is 12.5 Å². The summed E-state index contributed by atoms with van der Waals surface area (Å²) in [6.45, 7) is 6.38. The van der Waals surface area contributed by atoms with Gasteiger partial charge in [0.1, 0.15) is 5.82 Å². The molecule has 1 unspecified atom stereocenters. The van der Waals surface area contributed by atoms with Crippen LogP contribution in [0.1, 0.15) is 31.0 Å². The number of hydrogen-bond donors (Lipinski definition) is 2. The Bertz CT molecular complexity index is 405. The molecule has 1 atom stereocenters. The number of piperidine rings is 1. The quantitative estimate of drug-likeness (QED) is 0.834. The molecule has 1 aliphatic rings. The second-order valence-electron chi connectivity index (χ2n) is 5.28. The molecule has 18 heavy (non-hydrogen) atoms. The maximum absolute atomic E-state index is 9.64. The first-order valence-electron chi connectivity index (χ1n) is 6.70. The minimum absolute atomic E-state index is 0.200. The number of anilines is 1. The first-order chi connectivity index (χ1) is 8.54. The molecule has 1 fully saturated rings. The summed E-state index contributed by atoms with van der Waals surface area (Å²) in [6, 6.07) is 0. The van der Waals surface area contributed by atoms with E-state index in [9.17, 15) is 5.11 Å². The smallest absolute Gasteiger partial charge is 0.131 e. The molecule has 2 heterocycles. The van der Waals surface area contributed by atoms with Crippen molar-refractivity contribution in [1.82, 2.24) is 9.78 Å². The standard InChI is InChI=1S/C13H24N4O/c1-9-12(8-14)13(16(3)15-9)17-6-4-11(5-7-17)10(2)18/h10-11,18H,4-8,14H2,1-3H3. The maximum atomic E-state index is 9.64. The van der Waals surface area contributed by atoms with Crippen LogP contribution in [-0.2, 0) is 13.6 Å². The molecule has 0 aromatic carbocycles. The van der Waals surface area contributed by atoms with Gasteiger partial charge < -0.3 is 15.7 Å². The van der Waals surface area contributed by atoms with E-state index in [1.165, 1.54) is 0 Å². The Morgan fingerprint density at radius 3 is 2.56 bits per heavy atom. The topological polar surface area (TPSA) is 67.3 Å². The lowest BCUT2D eigenvalue weighted by atomic mass is 9.92. The fourth-order valence-corrected chi connectivity index (χ4v) is 2.92. The van der Waals surface area contributed by atoms with Crippen molar-refractivity contribution >= 4 is 5.82 Å². The largest absolute Gasteiger partial charge is 0.393 e. The third kappa shape index (κ3) is 2.37. The zero-order chi connectivity index (χ0) is 13.3. The van der Waals surface area contributed by atoms with Gasteiger partial charge in [-0.3, -0.25) is 4.68 Å². The molecule has 0 saturated carbocycles. The number of nitrogens with zero attached hydrogens (tertiary/aromatic N) is 3. The SMILES string of the molecule is Cc1nn(C)c(N2CCC(C(C)O)CC2)c1CN. The Morgan fingerprint density at radius 1 is 1.44 bits per heavy atom. The van der Waals surface area contributed by atoms with E-state index in [0.717, 1.165) is 43.0 Å². The average Bonchev–Trinajstić information content (AvgIpc) is 2.63. The van der Waals surface area contributed by atoms with Gasteiger partial charge in [-0.2, -0.15) is 5.10 Å². The van der Waals surface area contributed by atoms with Crippen LogP contribution in [0, 0.1) is 12.8 Å². The predicted octanol–water partition coefficient (Wildman–Crippen LogP) is 0.784. The summed E-state index contributed by atoms with van der Waals surface area (Å²) in [4.78, 5) is 2.35. The van der Waals surface area contributed by atoms with Gasteiger partial charge in [0.15, 0.2) is 0 Å². The average molecular weight is 252 g/mol. The molecule has 1 aliphatic heterocycles. The van der Waals surface area contributed by atoms with Crippen LogP contribution < -0.4 is 10.6 Å². The van der Waals surface area contributed by atoms with E-state index in [1.54, 1.807) is 0 Å². The molecular formula is C13H24N4O. The molecule has 102 valence electrons. The van der Waals surface area contributed by atoms with Gasteiger partial charge in [-0.1, -0.05) is 0 Å². The van der Waals surface area contributed by atoms with E-state index in [1.807, 2.05) is 25.6 Å². The molecular weight excluding hydrogens is 228 g/mol. The first-order valence-corrected chi connectivity index (χ1v) is 6.70. The van der Waals surface area contributed by atoms with Gasteiger partial charge in [-0.15, -0.1) is 0 Å². The summed E-state index contributed by atoms with van der Waals surface area (Å²) in [6.07, 6.45) is 1.87. The Balaban J connectivity index is 2.14. The van der Waals surface area contributed by atoms with Crippen LogP contribution in [0.3, 0.4) is 0 Å². The highest BCUT2D eigenvalue weighted by Gasteiger charge is 2.26. The summed E-state index contributed by atoms with van der Waals surface area (Å²) >= 11 is 0. The van der Waals surface area contributed by atoms with E-state index in [-0.39, 0.29) is 6.10 Å². The number of rotatable bonds is 3. The van der Waals surface area contributed by atoms with Gasteiger partial charge in [0, 0.05) is 32.2 Å². The second kappa shape index (κ2) is 5.28. The Hall–Kier alpha value is -1.07. The molecule has 1 aromatic rings. The molecule has 2 rings (SSSR count). The van der Waals surface area contributed by atoms with Gasteiger partial charge >= 0.3 is 0 Å². The van der Waals surface area contributed by atoms with E-state index >= 15 is 0 Å². The minimum Gasteiger partial charge on any atom is -0.393 e. The van der Waals surface area contributed by atoms with Crippen molar-refractivity contribution in [2.45, 2.75) is 39.3 Å². The molecule has 5 heteroatoms. The molecule has 0 spiro atoms. The molecule has 1 aromatic heterocycles. The van der Waals surface area contributed by atoms with Crippen molar-refractivity contribution in [3.8, 4) is 0 Å². The number of aliphatic hydroxyl groups is 1. The van der Waals surface area contributed by atoms with Gasteiger partial charge in [0.2, 0.25) is 0 Å². The molecule has 0 aliphatic carbocycles. The summed E-state index contributed by atoms with van der Waals surface area (Å²) in [5, 5.41) is 14.1. The Kier molecular flexibility index (Phi) is 3.92. The molecule has 3 N–H and O–H groups in total. The second-order valence-corrected chi connectivity index (χ2v) is 5.28. The normalized spacial score (nSPS) is 19.3. The summed E-state index contributed by atoms with van der Waals surface area (Å²) in [7, 11) is 1.97. The van der Waals surface area contributed by atoms with Crippen molar-refractivity contribution in [3.63, 3.8) is 0 Å². The molecule has 0 bridgehead atoms. The molecule has 5 nitrogen and oxygen atoms in total. The Morgan fingerprint density at radius 2 is 2.06 bits per heavy atom. The minimum atomic E-state index is -0.200. The van der Waals surface area contributed by atoms with E-state index < -0.39 is 0 Å². The number of aryl methyl sites for hydroxylation is 2. The predicted molar refractivity (Wildman–Crippen MR) is 72.5 cm³/mol. The van der Waals surface area contributed by atoms with Gasteiger partial charge in [0.05, 0.1) is 11.8 Å². The Labute approximate surface area is 109 Å². The highest BCUT2D eigenvalue weighted by molar-refractivity contribution is 5.50. The monoisotopic (exact) mass is 252 g/mol. The lowest BCUT2D eigenvalue weighted by Crippen LogP contribution is -2.38. The number of aliphatic hydroxyl groups excluding tert-OH is 1.